The van der Waals surface area contributed by atoms with Gasteiger partial charge in [-0.1, -0.05) is 30.3 Å². The fourth-order valence-electron chi connectivity index (χ4n) is 1.71. The highest BCUT2D eigenvalue weighted by Gasteiger charge is 2.08. The summed E-state index contributed by atoms with van der Waals surface area (Å²) in [5.74, 6) is 0.196. The van der Waals surface area contributed by atoms with E-state index in [1.165, 1.54) is 12.5 Å². The van der Waals surface area contributed by atoms with Crippen molar-refractivity contribution in [3.05, 3.63) is 65.6 Å². The van der Waals surface area contributed by atoms with E-state index >= 15 is 0 Å². The van der Waals surface area contributed by atoms with Crippen LogP contribution in [0.15, 0.2) is 63.8 Å². The van der Waals surface area contributed by atoms with E-state index in [1.807, 2.05) is 30.3 Å². The first kappa shape index (κ1) is 14.7. The van der Waals surface area contributed by atoms with Gasteiger partial charge in [0.05, 0.1) is 12.5 Å². The molecule has 2 aromatic rings. The van der Waals surface area contributed by atoms with Crippen LogP contribution in [0.1, 0.15) is 17.7 Å². The molecule has 1 amide bonds. The van der Waals surface area contributed by atoms with Gasteiger partial charge in [-0.3, -0.25) is 4.79 Å². The summed E-state index contributed by atoms with van der Waals surface area (Å²) in [7, 11) is 0. The second-order valence-electron chi connectivity index (χ2n) is 4.27. The van der Waals surface area contributed by atoms with Gasteiger partial charge in [-0.2, -0.15) is 5.10 Å². The van der Waals surface area contributed by atoms with E-state index in [0.29, 0.717) is 11.3 Å². The summed E-state index contributed by atoms with van der Waals surface area (Å²) in [4.78, 5) is 12.0. The first-order valence-electron chi connectivity index (χ1n) is 6.53. The fourth-order valence-corrected chi connectivity index (χ4v) is 1.71. The lowest BCUT2D eigenvalue weighted by Gasteiger charge is -2.04. The number of hydrazone groups is 1. The molecule has 21 heavy (non-hydrogen) atoms. The van der Waals surface area contributed by atoms with Crippen LogP contribution in [-0.4, -0.2) is 23.8 Å². The van der Waals surface area contributed by atoms with Crippen LogP contribution in [-0.2, 0) is 4.79 Å². The van der Waals surface area contributed by atoms with Crippen molar-refractivity contribution in [2.24, 2.45) is 5.10 Å². The summed E-state index contributed by atoms with van der Waals surface area (Å²) in [6.07, 6.45) is 4.93. The number of hydrogen-bond donors (Lipinski definition) is 2. The molecular formula is C16H16N2O3. The maximum Gasteiger partial charge on any atom is 0.267 e. The third kappa shape index (κ3) is 4.74. The van der Waals surface area contributed by atoms with E-state index in [4.69, 9.17) is 9.52 Å². The van der Waals surface area contributed by atoms with Gasteiger partial charge in [0.15, 0.2) is 0 Å². The number of aliphatic hydroxyl groups excluding tert-OH is 1. The molecule has 0 saturated heterocycles. The zero-order valence-corrected chi connectivity index (χ0v) is 11.4. The summed E-state index contributed by atoms with van der Waals surface area (Å²) in [5.41, 5.74) is 3.77. The third-order valence-corrected chi connectivity index (χ3v) is 2.71. The van der Waals surface area contributed by atoms with Gasteiger partial charge < -0.3 is 9.52 Å². The highest BCUT2D eigenvalue weighted by molar-refractivity contribution is 5.98. The number of carbonyl (C=O) groups excluding carboxylic acids is 1. The number of amides is 1. The van der Waals surface area contributed by atoms with Gasteiger partial charge in [0.2, 0.25) is 0 Å². The number of aliphatic hydroxyl groups is 1. The van der Waals surface area contributed by atoms with Crippen LogP contribution in [0.2, 0.25) is 0 Å². The topological polar surface area (TPSA) is 74.8 Å². The summed E-state index contributed by atoms with van der Waals surface area (Å²) < 4.78 is 5.06. The van der Waals surface area contributed by atoms with Crippen LogP contribution in [0.5, 0.6) is 0 Å². The standard InChI is InChI=1S/C16H16N2O3/c19-9-8-14(11-13-5-2-1-3-6-13)16(20)18-17-12-15-7-4-10-21-15/h1-7,10-12,19H,8-9H2,(H,18,20). The van der Waals surface area contributed by atoms with Gasteiger partial charge in [0.1, 0.15) is 5.76 Å². The molecule has 1 heterocycles. The second kappa shape index (κ2) is 7.81. The van der Waals surface area contributed by atoms with Crippen LogP contribution in [0.4, 0.5) is 0 Å². The Morgan fingerprint density at radius 3 is 2.71 bits per heavy atom. The van der Waals surface area contributed by atoms with E-state index in [-0.39, 0.29) is 18.9 Å². The number of rotatable bonds is 6. The van der Waals surface area contributed by atoms with Gasteiger partial charge in [-0.25, -0.2) is 5.43 Å². The molecule has 0 atom stereocenters. The molecule has 0 radical (unpaired) electrons. The normalized spacial score (nSPS) is 11.8. The fraction of sp³-hybridized carbons (Fsp3) is 0.125. The van der Waals surface area contributed by atoms with Gasteiger partial charge in [-0.05, 0) is 23.8 Å². The lowest BCUT2D eigenvalue weighted by Crippen LogP contribution is -2.20. The Balaban J connectivity index is 2.04. The van der Waals surface area contributed by atoms with Crippen molar-refractivity contribution < 1.29 is 14.3 Å². The highest BCUT2D eigenvalue weighted by atomic mass is 16.3. The minimum atomic E-state index is -0.351. The monoisotopic (exact) mass is 284 g/mol. The van der Waals surface area contributed by atoms with Gasteiger partial charge in [0.25, 0.3) is 5.91 Å². The van der Waals surface area contributed by atoms with Crippen molar-refractivity contribution in [3.8, 4) is 0 Å². The molecule has 0 aliphatic heterocycles. The Kier molecular flexibility index (Phi) is 5.49. The zero-order valence-electron chi connectivity index (χ0n) is 11.4. The molecule has 0 aliphatic carbocycles. The van der Waals surface area contributed by atoms with Crippen molar-refractivity contribution >= 4 is 18.2 Å². The molecule has 5 nitrogen and oxygen atoms in total. The SMILES string of the molecule is O=C(NN=Cc1ccco1)C(=Cc1ccccc1)CCO. The van der Waals surface area contributed by atoms with Crippen molar-refractivity contribution in [2.45, 2.75) is 6.42 Å². The Hall–Kier alpha value is -2.66. The molecule has 0 spiro atoms. The lowest BCUT2D eigenvalue weighted by atomic mass is 10.1. The maximum absolute atomic E-state index is 12.0. The summed E-state index contributed by atoms with van der Waals surface area (Å²) in [6, 6.07) is 12.9. The summed E-state index contributed by atoms with van der Waals surface area (Å²) in [6.45, 7) is -0.103. The van der Waals surface area contributed by atoms with E-state index in [9.17, 15) is 4.79 Å². The predicted molar refractivity (Wildman–Crippen MR) is 80.6 cm³/mol. The molecule has 1 aromatic heterocycles. The van der Waals surface area contributed by atoms with E-state index in [2.05, 4.69) is 10.5 Å². The molecule has 108 valence electrons. The Labute approximate surface area is 122 Å². The molecule has 5 heteroatoms. The van der Waals surface area contributed by atoms with E-state index in [0.717, 1.165) is 5.56 Å². The van der Waals surface area contributed by atoms with Crippen LogP contribution in [0.3, 0.4) is 0 Å². The lowest BCUT2D eigenvalue weighted by molar-refractivity contribution is -0.117. The quantitative estimate of drug-likeness (QED) is 0.485. The molecular weight excluding hydrogens is 268 g/mol. The molecule has 2 rings (SSSR count). The molecule has 0 aliphatic rings. The predicted octanol–water partition coefficient (Wildman–Crippen LogP) is 2.20. The Bertz CT molecular complexity index is 616. The second-order valence-corrected chi connectivity index (χ2v) is 4.27. The van der Waals surface area contributed by atoms with Crippen molar-refractivity contribution in [2.75, 3.05) is 6.61 Å². The van der Waals surface area contributed by atoms with Crippen LogP contribution >= 0.6 is 0 Å². The smallest absolute Gasteiger partial charge is 0.267 e. The molecule has 0 saturated carbocycles. The van der Waals surface area contributed by atoms with Gasteiger partial charge in [-0.15, -0.1) is 0 Å². The first-order valence-corrected chi connectivity index (χ1v) is 6.53. The van der Waals surface area contributed by atoms with Crippen molar-refractivity contribution in [1.82, 2.24) is 5.43 Å². The highest BCUT2D eigenvalue weighted by Crippen LogP contribution is 2.09. The maximum atomic E-state index is 12.0. The molecule has 0 fully saturated rings. The van der Waals surface area contributed by atoms with Gasteiger partial charge >= 0.3 is 0 Å². The first-order chi connectivity index (χ1) is 10.3. The molecule has 2 N–H and O–H groups in total. The van der Waals surface area contributed by atoms with Crippen molar-refractivity contribution in [3.63, 3.8) is 0 Å². The minimum Gasteiger partial charge on any atom is -0.463 e. The minimum absolute atomic E-state index is 0.103. The number of nitrogens with zero attached hydrogens (tertiary/aromatic N) is 1. The molecule has 0 bridgehead atoms. The number of benzene rings is 1. The Morgan fingerprint density at radius 2 is 2.05 bits per heavy atom. The van der Waals surface area contributed by atoms with Crippen LogP contribution in [0.25, 0.3) is 6.08 Å². The number of hydrogen-bond acceptors (Lipinski definition) is 4. The summed E-state index contributed by atoms with van der Waals surface area (Å²) >= 11 is 0. The molecule has 0 unspecified atom stereocenters. The van der Waals surface area contributed by atoms with Crippen molar-refractivity contribution in [1.29, 1.82) is 0 Å². The number of carbonyl (C=O) groups is 1. The third-order valence-electron chi connectivity index (χ3n) is 2.71. The molecule has 1 aromatic carbocycles. The van der Waals surface area contributed by atoms with E-state index < -0.39 is 0 Å². The summed E-state index contributed by atoms with van der Waals surface area (Å²) in [5, 5.41) is 12.9. The largest absolute Gasteiger partial charge is 0.463 e. The average Bonchev–Trinajstić information content (AvgIpc) is 3.01. The number of nitrogens with one attached hydrogen (secondary N) is 1. The van der Waals surface area contributed by atoms with Gasteiger partial charge in [0, 0.05) is 18.6 Å². The van der Waals surface area contributed by atoms with Crippen LogP contribution in [0, 0.1) is 0 Å². The zero-order chi connectivity index (χ0) is 14.9. The van der Waals surface area contributed by atoms with Crippen LogP contribution < -0.4 is 5.43 Å². The average molecular weight is 284 g/mol. The van der Waals surface area contributed by atoms with E-state index in [1.54, 1.807) is 18.2 Å². The number of furan rings is 1. The Morgan fingerprint density at radius 1 is 1.24 bits per heavy atom.